The molecule has 3 nitrogen and oxygen atoms in total. The fourth-order valence-electron chi connectivity index (χ4n) is 2.07. The van der Waals surface area contributed by atoms with Gasteiger partial charge in [-0.3, -0.25) is 0 Å². The van der Waals surface area contributed by atoms with Crippen LogP contribution in [0.1, 0.15) is 27.2 Å². The third-order valence-electron chi connectivity index (χ3n) is 3.40. The van der Waals surface area contributed by atoms with Gasteiger partial charge in [-0.1, -0.05) is 12.1 Å². The highest BCUT2D eigenvalue weighted by Crippen LogP contribution is 2.29. The second-order valence-corrected chi connectivity index (χ2v) is 6.96. The number of aryl methyl sites for hydroxylation is 2. The van der Waals surface area contributed by atoms with Crippen molar-refractivity contribution in [1.29, 1.82) is 0 Å². The monoisotopic (exact) mass is 322 g/mol. The third kappa shape index (κ3) is 4.30. The Labute approximate surface area is 135 Å². The summed E-state index contributed by atoms with van der Waals surface area (Å²) in [5, 5.41) is 4.67. The molecule has 21 heavy (non-hydrogen) atoms. The summed E-state index contributed by atoms with van der Waals surface area (Å²) in [7, 11) is 1.72. The van der Waals surface area contributed by atoms with Gasteiger partial charge in [-0.2, -0.15) is 0 Å². The molecular formula is C16H22N2OS2. The van der Waals surface area contributed by atoms with Gasteiger partial charge in [0.1, 0.15) is 5.01 Å². The van der Waals surface area contributed by atoms with Gasteiger partial charge in [0.05, 0.1) is 18.3 Å². The van der Waals surface area contributed by atoms with E-state index in [2.05, 4.69) is 49.7 Å². The summed E-state index contributed by atoms with van der Waals surface area (Å²) in [6.07, 6.45) is 2.09. The Kier molecular flexibility index (Phi) is 6.23. The van der Waals surface area contributed by atoms with Gasteiger partial charge >= 0.3 is 0 Å². The summed E-state index contributed by atoms with van der Waals surface area (Å²) < 4.78 is 5.15. The van der Waals surface area contributed by atoms with Crippen molar-refractivity contribution in [1.82, 2.24) is 10.3 Å². The summed E-state index contributed by atoms with van der Waals surface area (Å²) in [4.78, 5) is 7.28. The highest BCUT2D eigenvalue weighted by molar-refractivity contribution is 7.98. The van der Waals surface area contributed by atoms with E-state index < -0.39 is 0 Å². The molecule has 0 spiro atoms. The van der Waals surface area contributed by atoms with Crippen molar-refractivity contribution in [2.75, 3.05) is 26.5 Å². The van der Waals surface area contributed by atoms with Gasteiger partial charge in [0, 0.05) is 23.4 Å². The van der Waals surface area contributed by atoms with Crippen molar-refractivity contribution in [3.63, 3.8) is 0 Å². The molecule has 0 aliphatic heterocycles. The van der Waals surface area contributed by atoms with E-state index in [-0.39, 0.29) is 6.04 Å². The maximum absolute atomic E-state index is 5.15. The van der Waals surface area contributed by atoms with E-state index in [4.69, 9.17) is 9.72 Å². The Morgan fingerprint density at radius 3 is 2.52 bits per heavy atom. The minimum Gasteiger partial charge on any atom is -0.383 e. The van der Waals surface area contributed by atoms with Crippen LogP contribution in [0.4, 0.5) is 0 Å². The molecule has 0 aliphatic carbocycles. The lowest BCUT2D eigenvalue weighted by Gasteiger charge is -2.17. The molecule has 1 N–H and O–H groups in total. The number of hydrogen-bond acceptors (Lipinski definition) is 5. The van der Waals surface area contributed by atoms with Crippen molar-refractivity contribution in [2.45, 2.75) is 24.8 Å². The Balaban J connectivity index is 2.25. The van der Waals surface area contributed by atoms with Gasteiger partial charge in [-0.25, -0.2) is 4.98 Å². The smallest absolute Gasteiger partial charge is 0.115 e. The molecule has 1 heterocycles. The van der Waals surface area contributed by atoms with E-state index in [0.717, 1.165) is 17.2 Å². The van der Waals surface area contributed by atoms with Gasteiger partial charge in [0.2, 0.25) is 0 Å². The first-order valence-electron chi connectivity index (χ1n) is 6.96. The number of thiazole rings is 1. The van der Waals surface area contributed by atoms with Crippen LogP contribution in [-0.4, -0.2) is 31.5 Å². The van der Waals surface area contributed by atoms with E-state index >= 15 is 0 Å². The Bertz CT molecular complexity index is 547. The van der Waals surface area contributed by atoms with Gasteiger partial charge in [0.25, 0.3) is 0 Å². The zero-order valence-corrected chi connectivity index (χ0v) is 14.6. The third-order valence-corrected chi connectivity index (χ3v) is 5.28. The molecule has 0 saturated heterocycles. The fourth-order valence-corrected chi connectivity index (χ4v) is 3.51. The number of hydrogen-bond donors (Lipinski definition) is 1. The van der Waals surface area contributed by atoms with Crippen LogP contribution in [-0.2, 0) is 4.74 Å². The first-order chi connectivity index (χ1) is 10.2. The summed E-state index contributed by atoms with van der Waals surface area (Å²) >= 11 is 3.53. The lowest BCUT2D eigenvalue weighted by Crippen LogP contribution is -2.26. The van der Waals surface area contributed by atoms with E-state index in [1.807, 2.05) is 0 Å². The summed E-state index contributed by atoms with van der Waals surface area (Å²) in [6, 6.07) is 8.83. The van der Waals surface area contributed by atoms with Crippen LogP contribution in [0.15, 0.2) is 29.2 Å². The second kappa shape index (κ2) is 7.94. The molecule has 1 aromatic heterocycles. The maximum Gasteiger partial charge on any atom is 0.115 e. The lowest BCUT2D eigenvalue weighted by molar-refractivity contribution is 0.197. The van der Waals surface area contributed by atoms with Gasteiger partial charge in [0.15, 0.2) is 0 Å². The molecule has 0 aliphatic rings. The summed E-state index contributed by atoms with van der Waals surface area (Å²) in [5.74, 6) is 0. The largest absolute Gasteiger partial charge is 0.383 e. The summed E-state index contributed by atoms with van der Waals surface area (Å²) in [6.45, 7) is 5.70. The molecule has 114 valence electrons. The number of benzene rings is 1. The van der Waals surface area contributed by atoms with Gasteiger partial charge in [-0.05, 0) is 37.8 Å². The van der Waals surface area contributed by atoms with Crippen LogP contribution in [0.2, 0.25) is 0 Å². The van der Waals surface area contributed by atoms with Gasteiger partial charge < -0.3 is 10.1 Å². The van der Waals surface area contributed by atoms with Crippen molar-refractivity contribution >= 4 is 23.1 Å². The van der Waals surface area contributed by atoms with E-state index in [9.17, 15) is 0 Å². The molecule has 2 aromatic rings. The predicted molar refractivity (Wildman–Crippen MR) is 91.5 cm³/mol. The zero-order chi connectivity index (χ0) is 15.2. The molecule has 0 radical (unpaired) electrons. The topological polar surface area (TPSA) is 34.1 Å². The quantitative estimate of drug-likeness (QED) is 0.621. The van der Waals surface area contributed by atoms with Crippen molar-refractivity contribution < 1.29 is 4.74 Å². The Morgan fingerprint density at radius 1 is 1.29 bits per heavy atom. The number of nitrogens with one attached hydrogen (secondary N) is 1. The van der Waals surface area contributed by atoms with E-state index in [1.165, 1.54) is 15.3 Å². The fraction of sp³-hybridized carbons (Fsp3) is 0.438. The van der Waals surface area contributed by atoms with Crippen molar-refractivity contribution in [3.8, 4) is 0 Å². The van der Waals surface area contributed by atoms with Crippen LogP contribution in [0.25, 0.3) is 0 Å². The first kappa shape index (κ1) is 16.5. The lowest BCUT2D eigenvalue weighted by atomic mass is 10.1. The van der Waals surface area contributed by atoms with Crippen LogP contribution < -0.4 is 5.32 Å². The number of methoxy groups -OCH3 is 1. The maximum atomic E-state index is 5.15. The van der Waals surface area contributed by atoms with Crippen molar-refractivity contribution in [3.05, 3.63) is 45.4 Å². The first-order valence-corrected chi connectivity index (χ1v) is 9.00. The predicted octanol–water partition coefficient (Wildman–Crippen LogP) is 3.81. The zero-order valence-electron chi connectivity index (χ0n) is 13.0. The minimum atomic E-state index is 0.133. The Hall–Kier alpha value is -0.880. The Morgan fingerprint density at radius 2 is 2.00 bits per heavy atom. The average molecular weight is 322 g/mol. The normalized spacial score (nSPS) is 12.6. The van der Waals surface area contributed by atoms with Gasteiger partial charge in [-0.15, -0.1) is 23.1 Å². The molecule has 1 unspecified atom stereocenters. The average Bonchev–Trinajstić information content (AvgIpc) is 2.83. The molecule has 0 bridgehead atoms. The molecule has 2 rings (SSSR count). The molecule has 1 aromatic carbocycles. The SMILES string of the molecule is COCCNC(c1ccc(SC)cc1)c1nc(C)c(C)s1. The number of nitrogens with zero attached hydrogens (tertiary/aromatic N) is 1. The molecular weight excluding hydrogens is 300 g/mol. The molecule has 0 saturated carbocycles. The highest BCUT2D eigenvalue weighted by atomic mass is 32.2. The minimum absolute atomic E-state index is 0.133. The van der Waals surface area contributed by atoms with Crippen LogP contribution in [0, 0.1) is 13.8 Å². The van der Waals surface area contributed by atoms with Crippen LogP contribution in [0.3, 0.4) is 0 Å². The van der Waals surface area contributed by atoms with Crippen molar-refractivity contribution in [2.24, 2.45) is 0 Å². The molecule has 0 amide bonds. The molecule has 0 fully saturated rings. The molecule has 5 heteroatoms. The second-order valence-electron chi connectivity index (χ2n) is 4.85. The standard InChI is InChI=1S/C16H22N2OS2/c1-11-12(2)21-16(18-11)15(17-9-10-19-3)13-5-7-14(20-4)8-6-13/h5-8,15,17H,9-10H2,1-4H3. The van der Waals surface area contributed by atoms with E-state index in [1.54, 1.807) is 30.2 Å². The number of aromatic nitrogens is 1. The number of thioether (sulfide) groups is 1. The number of rotatable bonds is 7. The molecule has 1 atom stereocenters. The highest BCUT2D eigenvalue weighted by Gasteiger charge is 2.18. The van der Waals surface area contributed by atoms with Crippen LogP contribution >= 0.6 is 23.1 Å². The van der Waals surface area contributed by atoms with Crippen LogP contribution in [0.5, 0.6) is 0 Å². The summed E-state index contributed by atoms with van der Waals surface area (Å²) in [5.41, 5.74) is 2.37. The number of ether oxygens (including phenoxy) is 1. The van der Waals surface area contributed by atoms with E-state index in [0.29, 0.717) is 6.61 Å².